The number of hydroxylamine groups is 2. The Bertz CT molecular complexity index is 231. The van der Waals surface area contributed by atoms with Crippen molar-refractivity contribution in [2.75, 3.05) is 19.3 Å². The maximum Gasteiger partial charge on any atom is 0.335 e. The Kier molecular flexibility index (Phi) is 3.44. The van der Waals surface area contributed by atoms with Gasteiger partial charge in [-0.1, -0.05) is 0 Å². The molecule has 1 rings (SSSR count). The van der Waals surface area contributed by atoms with Gasteiger partial charge in [-0.2, -0.15) is 0 Å². The van der Waals surface area contributed by atoms with Crippen molar-refractivity contribution in [3.8, 4) is 0 Å². The Morgan fingerprint density at radius 2 is 2.15 bits per heavy atom. The molecule has 13 heavy (non-hydrogen) atoms. The van der Waals surface area contributed by atoms with Crippen LogP contribution in [0.15, 0.2) is 0 Å². The molecule has 2 N–H and O–H groups in total. The van der Waals surface area contributed by atoms with Crippen LogP contribution < -0.4 is 0 Å². The average molecular weight is 209 g/mol. The number of carbonyl (C=O) groups is 1. The fraction of sp³-hybridized carbons (Fsp3) is 0.833. The fourth-order valence-corrected chi connectivity index (χ4v) is 1.56. The summed E-state index contributed by atoms with van der Waals surface area (Å²) in [5, 5.41) is 1.03. The fourth-order valence-electron chi connectivity index (χ4n) is 1.05. The molecule has 0 bridgehead atoms. The second kappa shape index (κ2) is 4.19. The third-order valence-electron chi connectivity index (χ3n) is 1.62. The van der Waals surface area contributed by atoms with Crippen LogP contribution in [0.3, 0.4) is 0 Å². The minimum Gasteiger partial charge on any atom is -0.324 e. The SMILES string of the molecule is O=C(CP(=O)(O)O)N1CCCCO1. The molecule has 1 fully saturated rings. The number of hydrogen-bond donors (Lipinski definition) is 2. The first kappa shape index (κ1) is 10.7. The van der Waals surface area contributed by atoms with E-state index in [1.165, 1.54) is 0 Å². The lowest BCUT2D eigenvalue weighted by Crippen LogP contribution is -2.37. The van der Waals surface area contributed by atoms with E-state index >= 15 is 0 Å². The molecule has 1 aliphatic rings. The van der Waals surface area contributed by atoms with Gasteiger partial charge < -0.3 is 9.79 Å². The molecule has 0 atom stereocenters. The first-order valence-corrected chi connectivity index (χ1v) is 5.77. The Morgan fingerprint density at radius 3 is 2.62 bits per heavy atom. The molecule has 0 aromatic heterocycles. The molecule has 7 heteroatoms. The van der Waals surface area contributed by atoms with E-state index in [-0.39, 0.29) is 0 Å². The molecule has 0 aliphatic carbocycles. The lowest BCUT2D eigenvalue weighted by atomic mass is 10.3. The molecule has 0 saturated carbocycles. The highest BCUT2D eigenvalue weighted by Crippen LogP contribution is 2.34. The minimum absolute atomic E-state index is 0.416. The monoisotopic (exact) mass is 209 g/mol. The van der Waals surface area contributed by atoms with Gasteiger partial charge in [0.2, 0.25) is 0 Å². The molecule has 1 heterocycles. The Balaban J connectivity index is 2.42. The molecule has 1 saturated heterocycles. The van der Waals surface area contributed by atoms with Crippen LogP contribution in [-0.4, -0.2) is 40.1 Å². The molecule has 0 aromatic rings. The van der Waals surface area contributed by atoms with Gasteiger partial charge >= 0.3 is 7.60 Å². The van der Waals surface area contributed by atoms with Crippen molar-refractivity contribution in [1.29, 1.82) is 0 Å². The van der Waals surface area contributed by atoms with Gasteiger partial charge in [-0.25, -0.2) is 5.06 Å². The second-order valence-corrected chi connectivity index (χ2v) is 4.50. The van der Waals surface area contributed by atoms with E-state index in [0.29, 0.717) is 13.2 Å². The number of rotatable bonds is 2. The smallest absolute Gasteiger partial charge is 0.324 e. The van der Waals surface area contributed by atoms with Gasteiger partial charge in [0.25, 0.3) is 5.91 Å². The first-order valence-electron chi connectivity index (χ1n) is 3.97. The molecule has 1 aliphatic heterocycles. The van der Waals surface area contributed by atoms with Gasteiger partial charge in [-0.3, -0.25) is 14.2 Å². The predicted octanol–water partition coefficient (Wildman–Crippen LogP) is -0.282. The van der Waals surface area contributed by atoms with Crippen molar-refractivity contribution < 1.29 is 24.0 Å². The lowest BCUT2D eigenvalue weighted by molar-refractivity contribution is -0.194. The van der Waals surface area contributed by atoms with Crippen LogP contribution in [0.2, 0.25) is 0 Å². The lowest BCUT2D eigenvalue weighted by Gasteiger charge is -2.25. The maximum atomic E-state index is 11.1. The third-order valence-corrected chi connectivity index (χ3v) is 2.30. The largest absolute Gasteiger partial charge is 0.335 e. The third kappa shape index (κ3) is 3.87. The summed E-state index contributed by atoms with van der Waals surface area (Å²) in [6.07, 6.45) is 0.916. The quantitative estimate of drug-likeness (QED) is 0.610. The summed E-state index contributed by atoms with van der Waals surface area (Å²) in [7, 11) is -4.26. The van der Waals surface area contributed by atoms with E-state index in [2.05, 4.69) is 0 Å². The van der Waals surface area contributed by atoms with Gasteiger partial charge in [0.15, 0.2) is 0 Å². The molecule has 0 radical (unpaired) electrons. The average Bonchev–Trinajstić information content (AvgIpc) is 2.03. The molecular weight excluding hydrogens is 197 g/mol. The van der Waals surface area contributed by atoms with Crippen LogP contribution in [-0.2, 0) is 14.2 Å². The zero-order chi connectivity index (χ0) is 9.90. The number of nitrogens with zero attached hydrogens (tertiary/aromatic N) is 1. The van der Waals surface area contributed by atoms with Crippen molar-refractivity contribution in [2.45, 2.75) is 12.8 Å². The predicted molar refractivity (Wildman–Crippen MR) is 43.8 cm³/mol. The van der Waals surface area contributed by atoms with Crippen LogP contribution in [0, 0.1) is 0 Å². The molecule has 76 valence electrons. The zero-order valence-electron chi connectivity index (χ0n) is 7.05. The van der Waals surface area contributed by atoms with E-state index < -0.39 is 19.7 Å². The van der Waals surface area contributed by atoms with Crippen molar-refractivity contribution in [3.05, 3.63) is 0 Å². The maximum absolute atomic E-state index is 11.1. The van der Waals surface area contributed by atoms with Crippen molar-refractivity contribution in [3.63, 3.8) is 0 Å². The molecule has 0 spiro atoms. The van der Waals surface area contributed by atoms with Gasteiger partial charge in [0.05, 0.1) is 6.61 Å². The summed E-state index contributed by atoms with van der Waals surface area (Å²) in [4.78, 5) is 33.1. The van der Waals surface area contributed by atoms with Gasteiger partial charge in [-0.05, 0) is 12.8 Å². The van der Waals surface area contributed by atoms with Crippen LogP contribution in [0.5, 0.6) is 0 Å². The number of carbonyl (C=O) groups excluding carboxylic acids is 1. The Labute approximate surface area is 75.6 Å². The summed E-state index contributed by atoms with van der Waals surface area (Å²) in [6, 6.07) is 0. The summed E-state index contributed by atoms with van der Waals surface area (Å²) in [5.74, 6) is -0.645. The van der Waals surface area contributed by atoms with Gasteiger partial charge in [0, 0.05) is 6.54 Å². The van der Waals surface area contributed by atoms with E-state index in [1.807, 2.05) is 0 Å². The highest BCUT2D eigenvalue weighted by Gasteiger charge is 2.25. The first-order chi connectivity index (χ1) is 5.99. The molecular formula is C6H12NO5P. The van der Waals surface area contributed by atoms with E-state index in [1.54, 1.807) is 0 Å². The normalized spacial score (nSPS) is 18.8. The Hall–Kier alpha value is -0.420. The van der Waals surface area contributed by atoms with Crippen molar-refractivity contribution >= 4 is 13.5 Å². The highest BCUT2D eigenvalue weighted by molar-refractivity contribution is 7.52. The molecule has 6 nitrogen and oxygen atoms in total. The van der Waals surface area contributed by atoms with E-state index in [0.717, 1.165) is 17.9 Å². The minimum atomic E-state index is -4.26. The zero-order valence-corrected chi connectivity index (χ0v) is 7.94. The van der Waals surface area contributed by atoms with E-state index in [9.17, 15) is 9.36 Å². The summed E-state index contributed by atoms with van der Waals surface area (Å²) in [5.41, 5.74) is 0. The number of hydrogen-bond acceptors (Lipinski definition) is 3. The molecule has 0 unspecified atom stereocenters. The van der Waals surface area contributed by atoms with Crippen LogP contribution in [0.4, 0.5) is 0 Å². The van der Waals surface area contributed by atoms with Gasteiger partial charge in [0.1, 0.15) is 6.16 Å². The highest BCUT2D eigenvalue weighted by atomic mass is 31.2. The van der Waals surface area contributed by atoms with Crippen molar-refractivity contribution in [1.82, 2.24) is 5.06 Å². The van der Waals surface area contributed by atoms with Crippen LogP contribution in [0.25, 0.3) is 0 Å². The van der Waals surface area contributed by atoms with E-state index in [4.69, 9.17) is 14.6 Å². The summed E-state index contributed by atoms with van der Waals surface area (Å²) in [6.45, 7) is 0.853. The molecule has 1 amide bonds. The summed E-state index contributed by atoms with van der Waals surface area (Å²) < 4.78 is 10.5. The van der Waals surface area contributed by atoms with Crippen LogP contribution >= 0.6 is 7.60 Å². The number of amides is 1. The topological polar surface area (TPSA) is 87.1 Å². The second-order valence-electron chi connectivity index (χ2n) is 2.86. The van der Waals surface area contributed by atoms with Gasteiger partial charge in [-0.15, -0.1) is 0 Å². The Morgan fingerprint density at radius 1 is 1.46 bits per heavy atom. The van der Waals surface area contributed by atoms with Crippen molar-refractivity contribution in [2.24, 2.45) is 0 Å². The standard InChI is InChI=1S/C6H12NO5P/c8-6(5-13(9,10)11)7-3-1-2-4-12-7/h1-5H2,(H2,9,10,11). The summed E-state index contributed by atoms with van der Waals surface area (Å²) >= 11 is 0. The molecule has 0 aromatic carbocycles. The van der Waals surface area contributed by atoms with Crippen LogP contribution in [0.1, 0.15) is 12.8 Å².